The van der Waals surface area contributed by atoms with Gasteiger partial charge in [0.15, 0.2) is 6.10 Å². The zero-order valence-corrected chi connectivity index (χ0v) is 20.0. The van der Waals surface area contributed by atoms with Gasteiger partial charge in [-0.25, -0.2) is 13.6 Å². The van der Waals surface area contributed by atoms with E-state index >= 15 is 0 Å². The van der Waals surface area contributed by atoms with Gasteiger partial charge in [-0.1, -0.05) is 17.7 Å². The van der Waals surface area contributed by atoms with E-state index in [1.54, 1.807) is 0 Å². The van der Waals surface area contributed by atoms with Crippen LogP contribution >= 0.6 is 11.6 Å². The molecule has 0 spiro atoms. The average molecular weight is 536 g/mol. The van der Waals surface area contributed by atoms with Gasteiger partial charge in [-0.15, -0.1) is 0 Å². The number of amides is 3. The number of hydrogen-bond donors (Lipinski definition) is 2. The molecule has 0 radical (unpaired) electrons. The quantitative estimate of drug-likeness (QED) is 0.436. The number of likely N-dealkylation sites (tertiary alicyclic amines) is 1. The molecule has 1 heterocycles. The third-order valence-corrected chi connectivity index (χ3v) is 5.83. The average Bonchev–Trinajstić information content (AvgIpc) is 3.26. The van der Waals surface area contributed by atoms with Crippen LogP contribution in [0.1, 0.15) is 30.1 Å². The molecule has 3 rings (SSSR count). The number of para-hydroxylation sites is 1. The van der Waals surface area contributed by atoms with E-state index < -0.39 is 58.5 Å². The topological polar surface area (TPSA) is 79.9 Å². The number of rotatable bonds is 7. The molecule has 1 saturated heterocycles. The molecule has 1 aliphatic heterocycles. The van der Waals surface area contributed by atoms with Gasteiger partial charge in [0.05, 0.1) is 34.6 Å². The summed E-state index contributed by atoms with van der Waals surface area (Å²) in [6.07, 6.45) is -5.85. The summed E-state index contributed by atoms with van der Waals surface area (Å²) in [7, 11) is 1.47. The number of nitrogens with zero attached hydrogens (tertiary/aromatic N) is 1. The second-order valence-electron chi connectivity index (χ2n) is 8.06. The van der Waals surface area contributed by atoms with Crippen molar-refractivity contribution in [2.45, 2.75) is 38.1 Å². The van der Waals surface area contributed by atoms with E-state index in [2.05, 4.69) is 10.6 Å². The van der Waals surface area contributed by atoms with Crippen molar-refractivity contribution in [1.82, 2.24) is 4.90 Å². The highest BCUT2D eigenvalue weighted by atomic mass is 35.5. The van der Waals surface area contributed by atoms with Crippen molar-refractivity contribution in [2.75, 3.05) is 30.9 Å². The Morgan fingerprint density at radius 3 is 2.56 bits per heavy atom. The predicted octanol–water partition coefficient (Wildman–Crippen LogP) is 5.84. The van der Waals surface area contributed by atoms with Crippen LogP contribution in [-0.4, -0.2) is 55.4 Å². The maximum atomic E-state index is 14.9. The number of urea groups is 1. The molecule has 2 aromatic rings. The predicted molar refractivity (Wildman–Crippen MR) is 123 cm³/mol. The lowest BCUT2D eigenvalue weighted by Gasteiger charge is -2.25. The SMILES string of the molecule is COCC1CCCN1C(=O)Nc1cc(OC(C)C(F)(F)F)c(C(=O)Nc2c(F)cccc2Cl)cc1F. The van der Waals surface area contributed by atoms with Crippen molar-refractivity contribution in [2.24, 2.45) is 0 Å². The van der Waals surface area contributed by atoms with Crippen molar-refractivity contribution in [3.05, 3.63) is 52.6 Å². The first-order valence-corrected chi connectivity index (χ1v) is 11.2. The maximum Gasteiger partial charge on any atom is 0.425 e. The van der Waals surface area contributed by atoms with Crippen LogP contribution in [0, 0.1) is 11.6 Å². The van der Waals surface area contributed by atoms with Crippen LogP contribution in [0.5, 0.6) is 5.75 Å². The van der Waals surface area contributed by atoms with Gasteiger partial charge >= 0.3 is 12.2 Å². The number of carbonyl (C=O) groups excluding carboxylic acids is 2. The van der Waals surface area contributed by atoms with Gasteiger partial charge in [0.2, 0.25) is 0 Å². The first kappa shape index (κ1) is 27.5. The molecular weight excluding hydrogens is 513 g/mol. The smallest absolute Gasteiger partial charge is 0.425 e. The number of anilines is 2. The second kappa shape index (κ2) is 11.3. The molecule has 0 bridgehead atoms. The van der Waals surface area contributed by atoms with Crippen molar-refractivity contribution >= 4 is 34.9 Å². The Hall–Kier alpha value is -3.12. The lowest BCUT2D eigenvalue weighted by atomic mass is 10.1. The van der Waals surface area contributed by atoms with Crippen LogP contribution in [0.3, 0.4) is 0 Å². The summed E-state index contributed by atoms with van der Waals surface area (Å²) in [5.74, 6) is -3.90. The van der Waals surface area contributed by atoms with Crippen LogP contribution in [0.4, 0.5) is 38.1 Å². The molecule has 2 aromatic carbocycles. The Bertz CT molecular complexity index is 1110. The largest absolute Gasteiger partial charge is 0.480 e. The van der Waals surface area contributed by atoms with Crippen LogP contribution in [0.2, 0.25) is 5.02 Å². The molecule has 3 amide bonds. The Morgan fingerprint density at radius 2 is 1.92 bits per heavy atom. The van der Waals surface area contributed by atoms with Gasteiger partial charge < -0.3 is 25.0 Å². The molecule has 1 aliphatic rings. The lowest BCUT2D eigenvalue weighted by molar-refractivity contribution is -0.189. The molecule has 13 heteroatoms. The summed E-state index contributed by atoms with van der Waals surface area (Å²) in [4.78, 5) is 26.9. The zero-order valence-electron chi connectivity index (χ0n) is 19.2. The number of ether oxygens (including phenoxy) is 2. The third kappa shape index (κ3) is 6.35. The molecule has 1 fully saturated rings. The Balaban J connectivity index is 1.94. The van der Waals surface area contributed by atoms with Gasteiger partial charge in [-0.2, -0.15) is 13.2 Å². The number of halogens is 6. The van der Waals surface area contributed by atoms with E-state index in [4.69, 9.17) is 21.1 Å². The molecule has 36 heavy (non-hydrogen) atoms. The van der Waals surface area contributed by atoms with Crippen molar-refractivity contribution in [3.8, 4) is 5.75 Å². The van der Waals surface area contributed by atoms with Crippen LogP contribution < -0.4 is 15.4 Å². The van der Waals surface area contributed by atoms with Gasteiger partial charge in [-0.3, -0.25) is 4.79 Å². The van der Waals surface area contributed by atoms with Crippen LogP contribution in [-0.2, 0) is 4.74 Å². The number of alkyl halides is 3. The fraction of sp³-hybridized carbons (Fsp3) is 0.391. The Kier molecular flexibility index (Phi) is 8.62. The zero-order chi connectivity index (χ0) is 26.6. The second-order valence-corrected chi connectivity index (χ2v) is 8.46. The fourth-order valence-electron chi connectivity index (χ4n) is 3.64. The Morgan fingerprint density at radius 1 is 1.19 bits per heavy atom. The van der Waals surface area contributed by atoms with Crippen LogP contribution in [0.25, 0.3) is 0 Å². The minimum absolute atomic E-state index is 0.185. The number of hydrogen-bond acceptors (Lipinski definition) is 4. The molecule has 2 N–H and O–H groups in total. The number of methoxy groups -OCH3 is 1. The maximum absolute atomic E-state index is 14.9. The highest BCUT2D eigenvalue weighted by Gasteiger charge is 2.39. The molecule has 2 atom stereocenters. The van der Waals surface area contributed by atoms with Crippen molar-refractivity contribution in [3.63, 3.8) is 0 Å². The van der Waals surface area contributed by atoms with E-state index in [1.807, 2.05) is 0 Å². The number of carbonyl (C=O) groups is 2. The minimum Gasteiger partial charge on any atom is -0.480 e. The lowest BCUT2D eigenvalue weighted by Crippen LogP contribution is -2.41. The highest BCUT2D eigenvalue weighted by Crippen LogP contribution is 2.33. The van der Waals surface area contributed by atoms with Crippen molar-refractivity contribution in [1.29, 1.82) is 0 Å². The first-order chi connectivity index (χ1) is 16.9. The highest BCUT2D eigenvalue weighted by molar-refractivity contribution is 6.34. The van der Waals surface area contributed by atoms with E-state index in [9.17, 15) is 31.5 Å². The van der Waals surface area contributed by atoms with Gasteiger partial charge in [0.1, 0.15) is 17.4 Å². The van der Waals surface area contributed by atoms with Gasteiger partial charge in [-0.05, 0) is 38.0 Å². The molecular formula is C23H23ClF5N3O4. The Labute approximate surface area is 208 Å². The molecule has 0 aromatic heterocycles. The van der Waals surface area contributed by atoms with E-state index in [0.717, 1.165) is 12.1 Å². The van der Waals surface area contributed by atoms with Crippen molar-refractivity contribution < 1.29 is 41.0 Å². The van der Waals surface area contributed by atoms with E-state index in [-0.39, 0.29) is 17.7 Å². The summed E-state index contributed by atoms with van der Waals surface area (Å²) in [5, 5.41) is 4.24. The summed E-state index contributed by atoms with van der Waals surface area (Å²) >= 11 is 5.89. The summed E-state index contributed by atoms with van der Waals surface area (Å²) in [6.45, 7) is 1.32. The monoisotopic (exact) mass is 535 g/mol. The fourth-order valence-corrected chi connectivity index (χ4v) is 3.85. The normalized spacial score (nSPS) is 16.6. The summed E-state index contributed by atoms with van der Waals surface area (Å²) < 4.78 is 78.6. The molecule has 196 valence electrons. The summed E-state index contributed by atoms with van der Waals surface area (Å²) in [5.41, 5.74) is -1.62. The van der Waals surface area contributed by atoms with E-state index in [1.165, 1.54) is 24.1 Å². The van der Waals surface area contributed by atoms with Gasteiger partial charge in [0.25, 0.3) is 5.91 Å². The van der Waals surface area contributed by atoms with Gasteiger partial charge in [0, 0.05) is 19.7 Å². The van der Waals surface area contributed by atoms with E-state index in [0.29, 0.717) is 32.4 Å². The van der Waals surface area contributed by atoms with Crippen LogP contribution in [0.15, 0.2) is 30.3 Å². The summed E-state index contributed by atoms with van der Waals surface area (Å²) in [6, 6.07) is 3.97. The first-order valence-electron chi connectivity index (χ1n) is 10.8. The third-order valence-electron chi connectivity index (χ3n) is 5.52. The number of nitrogens with one attached hydrogen (secondary N) is 2. The molecule has 7 nitrogen and oxygen atoms in total. The number of benzene rings is 2. The standard InChI is InChI=1S/C23H23ClF5N3O4/c1-12(23(27,28)29)36-19-10-18(30-22(34)32-8-4-5-13(32)11-35-2)17(26)9-14(19)21(33)31-20-15(24)6-3-7-16(20)25/h3,6-7,9-10,12-13H,4-5,8,11H2,1-2H3,(H,30,34)(H,31,33). The molecule has 2 unspecified atom stereocenters. The molecule has 0 saturated carbocycles. The molecule has 0 aliphatic carbocycles. The minimum atomic E-state index is -4.82.